The van der Waals surface area contributed by atoms with Gasteiger partial charge in [-0.05, 0) is 25.0 Å². The average molecular weight is 317 g/mol. The van der Waals surface area contributed by atoms with Crippen LogP contribution < -0.4 is 5.32 Å². The number of rotatable bonds is 2. The van der Waals surface area contributed by atoms with E-state index in [1.807, 2.05) is 0 Å². The van der Waals surface area contributed by atoms with Gasteiger partial charge in [-0.3, -0.25) is 4.79 Å². The third kappa shape index (κ3) is 3.35. The predicted molar refractivity (Wildman–Crippen MR) is 77.4 cm³/mol. The second-order valence-corrected chi connectivity index (χ2v) is 5.46. The molecule has 1 fully saturated rings. The number of halogens is 2. The second kappa shape index (κ2) is 6.33. The summed E-state index contributed by atoms with van der Waals surface area (Å²) in [7, 11) is 0. The van der Waals surface area contributed by atoms with Crippen molar-refractivity contribution in [3.63, 3.8) is 0 Å². The molecule has 1 atom stereocenters. The molecule has 0 spiro atoms. The predicted octanol–water partition coefficient (Wildman–Crippen LogP) is 3.32. The lowest BCUT2D eigenvalue weighted by Crippen LogP contribution is -2.44. The first-order valence-electron chi connectivity index (χ1n) is 6.22. The van der Waals surface area contributed by atoms with Crippen LogP contribution in [-0.4, -0.2) is 35.1 Å². The molecule has 20 heavy (non-hydrogen) atoms. The highest BCUT2D eigenvalue weighted by Gasteiger charge is 2.28. The molecule has 1 aliphatic heterocycles. The molecule has 0 saturated carbocycles. The third-order valence-electron chi connectivity index (χ3n) is 3.25. The molecule has 0 aromatic heterocycles. The van der Waals surface area contributed by atoms with Crippen molar-refractivity contribution in [1.29, 1.82) is 0 Å². The molecule has 1 aromatic carbocycles. The minimum absolute atomic E-state index is 0.198. The summed E-state index contributed by atoms with van der Waals surface area (Å²) in [5.41, 5.74) is 0.346. The quantitative estimate of drug-likeness (QED) is 0.879. The van der Waals surface area contributed by atoms with Crippen LogP contribution >= 0.6 is 23.2 Å². The second-order valence-electron chi connectivity index (χ2n) is 4.65. The molecule has 7 heteroatoms. The fraction of sp³-hybridized carbons (Fsp3) is 0.385. The number of hydrogen-bond acceptors (Lipinski definition) is 2. The maximum atomic E-state index is 12.1. The van der Waals surface area contributed by atoms with Crippen molar-refractivity contribution in [2.75, 3.05) is 18.4 Å². The number of benzene rings is 1. The van der Waals surface area contributed by atoms with Gasteiger partial charge >= 0.3 is 12.0 Å². The van der Waals surface area contributed by atoms with Gasteiger partial charge in [0.1, 0.15) is 0 Å². The van der Waals surface area contributed by atoms with E-state index in [0.29, 0.717) is 35.1 Å². The van der Waals surface area contributed by atoms with E-state index < -0.39 is 11.9 Å². The summed E-state index contributed by atoms with van der Waals surface area (Å²) in [5, 5.41) is 12.3. The first-order valence-corrected chi connectivity index (χ1v) is 6.97. The summed E-state index contributed by atoms with van der Waals surface area (Å²) in [6.45, 7) is 0.723. The first-order chi connectivity index (χ1) is 9.49. The highest BCUT2D eigenvalue weighted by molar-refractivity contribution is 6.39. The Balaban J connectivity index is 2.06. The highest BCUT2D eigenvalue weighted by atomic mass is 35.5. The lowest BCUT2D eigenvalue weighted by Gasteiger charge is -2.30. The number of likely N-dealkylation sites (tertiary alicyclic amines) is 1. The van der Waals surface area contributed by atoms with Crippen LogP contribution in [0.1, 0.15) is 12.8 Å². The van der Waals surface area contributed by atoms with E-state index in [4.69, 9.17) is 28.3 Å². The number of para-hydroxylation sites is 1. The van der Waals surface area contributed by atoms with Gasteiger partial charge in [-0.15, -0.1) is 0 Å². The minimum atomic E-state index is -0.877. The van der Waals surface area contributed by atoms with Crippen LogP contribution in [0.2, 0.25) is 10.0 Å². The number of urea groups is 1. The Bertz CT molecular complexity index is 516. The van der Waals surface area contributed by atoms with Gasteiger partial charge in [-0.2, -0.15) is 0 Å². The van der Waals surface area contributed by atoms with Gasteiger partial charge < -0.3 is 15.3 Å². The maximum Gasteiger partial charge on any atom is 0.321 e. The molecule has 1 saturated heterocycles. The monoisotopic (exact) mass is 316 g/mol. The lowest BCUT2D eigenvalue weighted by molar-refractivity contribution is -0.143. The van der Waals surface area contributed by atoms with Crippen LogP contribution in [0.4, 0.5) is 10.5 Å². The normalized spacial score (nSPS) is 18.7. The number of aliphatic carboxylic acids is 1. The zero-order valence-electron chi connectivity index (χ0n) is 10.6. The van der Waals surface area contributed by atoms with Gasteiger partial charge in [0, 0.05) is 13.1 Å². The first kappa shape index (κ1) is 14.9. The number of hydrogen-bond donors (Lipinski definition) is 2. The number of amides is 2. The van der Waals surface area contributed by atoms with E-state index in [0.717, 1.165) is 0 Å². The van der Waals surface area contributed by atoms with Crippen LogP contribution in [0.5, 0.6) is 0 Å². The van der Waals surface area contributed by atoms with E-state index in [9.17, 15) is 9.59 Å². The number of carbonyl (C=O) groups excluding carboxylic acids is 1. The smallest absolute Gasteiger partial charge is 0.321 e. The van der Waals surface area contributed by atoms with Crippen molar-refractivity contribution in [2.45, 2.75) is 12.8 Å². The number of nitrogens with one attached hydrogen (secondary N) is 1. The molecular formula is C13H14Cl2N2O3. The summed E-state index contributed by atoms with van der Waals surface area (Å²) >= 11 is 12.0. The van der Waals surface area contributed by atoms with Crippen LogP contribution in [0.15, 0.2) is 18.2 Å². The van der Waals surface area contributed by atoms with Crippen molar-refractivity contribution in [3.05, 3.63) is 28.2 Å². The van der Waals surface area contributed by atoms with E-state index in [-0.39, 0.29) is 12.6 Å². The van der Waals surface area contributed by atoms with E-state index >= 15 is 0 Å². The van der Waals surface area contributed by atoms with Gasteiger partial charge in [0.2, 0.25) is 0 Å². The minimum Gasteiger partial charge on any atom is -0.481 e. The Morgan fingerprint density at radius 1 is 1.30 bits per heavy atom. The zero-order chi connectivity index (χ0) is 14.7. The van der Waals surface area contributed by atoms with Gasteiger partial charge in [0.15, 0.2) is 0 Å². The molecule has 2 N–H and O–H groups in total. The number of carboxylic acid groups (broad SMARTS) is 1. The van der Waals surface area contributed by atoms with Crippen molar-refractivity contribution in [3.8, 4) is 0 Å². The topological polar surface area (TPSA) is 69.6 Å². The number of nitrogens with zero attached hydrogens (tertiary/aromatic N) is 1. The van der Waals surface area contributed by atoms with E-state index in [2.05, 4.69) is 5.32 Å². The molecule has 1 aromatic rings. The summed E-state index contributed by atoms with van der Waals surface area (Å²) < 4.78 is 0. The Hall–Kier alpha value is -1.46. The summed E-state index contributed by atoms with van der Waals surface area (Å²) in [6, 6.07) is 4.55. The number of anilines is 1. The summed E-state index contributed by atoms with van der Waals surface area (Å²) in [4.78, 5) is 24.6. The van der Waals surface area contributed by atoms with E-state index in [1.54, 1.807) is 18.2 Å². The van der Waals surface area contributed by atoms with E-state index in [1.165, 1.54) is 4.90 Å². The zero-order valence-corrected chi connectivity index (χ0v) is 12.1. The molecule has 1 heterocycles. The van der Waals surface area contributed by atoms with Crippen LogP contribution in [0.3, 0.4) is 0 Å². The molecule has 2 rings (SSSR count). The number of carbonyl (C=O) groups is 2. The largest absolute Gasteiger partial charge is 0.481 e. The van der Waals surface area contributed by atoms with Gasteiger partial charge in [-0.25, -0.2) is 4.79 Å². The Morgan fingerprint density at radius 3 is 2.55 bits per heavy atom. The molecule has 1 unspecified atom stereocenters. The van der Waals surface area contributed by atoms with Gasteiger partial charge in [0.25, 0.3) is 0 Å². The average Bonchev–Trinajstić information content (AvgIpc) is 2.43. The summed E-state index contributed by atoms with van der Waals surface area (Å²) in [5.74, 6) is -1.39. The lowest BCUT2D eigenvalue weighted by atomic mass is 9.99. The Morgan fingerprint density at radius 2 is 1.95 bits per heavy atom. The van der Waals surface area contributed by atoms with Crippen molar-refractivity contribution >= 4 is 40.9 Å². The van der Waals surface area contributed by atoms with Crippen molar-refractivity contribution in [2.24, 2.45) is 5.92 Å². The number of carboxylic acids is 1. The van der Waals surface area contributed by atoms with Crippen molar-refractivity contribution < 1.29 is 14.7 Å². The Kier molecular flexibility index (Phi) is 4.73. The van der Waals surface area contributed by atoms with Crippen LogP contribution in [0.25, 0.3) is 0 Å². The molecule has 0 bridgehead atoms. The fourth-order valence-electron chi connectivity index (χ4n) is 2.17. The number of piperidine rings is 1. The van der Waals surface area contributed by atoms with Gasteiger partial charge in [0.05, 0.1) is 21.7 Å². The molecule has 108 valence electrons. The summed E-state index contributed by atoms with van der Waals surface area (Å²) in [6.07, 6.45) is 1.26. The fourth-order valence-corrected chi connectivity index (χ4v) is 2.66. The third-order valence-corrected chi connectivity index (χ3v) is 3.88. The standard InChI is InChI=1S/C13H14Cl2N2O3/c14-9-4-1-5-10(15)11(9)16-13(20)17-6-2-3-8(7-17)12(18)19/h1,4-5,8H,2-3,6-7H2,(H,16,20)(H,18,19). The molecular weight excluding hydrogens is 303 g/mol. The molecule has 0 aliphatic carbocycles. The maximum absolute atomic E-state index is 12.1. The van der Waals surface area contributed by atoms with Crippen molar-refractivity contribution in [1.82, 2.24) is 4.90 Å². The molecule has 0 radical (unpaired) electrons. The van der Waals surface area contributed by atoms with Crippen LogP contribution in [0, 0.1) is 5.92 Å². The van der Waals surface area contributed by atoms with Gasteiger partial charge in [-0.1, -0.05) is 29.3 Å². The van der Waals surface area contributed by atoms with Crippen LogP contribution in [-0.2, 0) is 4.79 Å². The molecule has 5 nitrogen and oxygen atoms in total. The Labute approximate surface area is 126 Å². The molecule has 1 aliphatic rings. The SMILES string of the molecule is O=C(O)C1CCCN(C(=O)Nc2c(Cl)cccc2Cl)C1. The molecule has 2 amide bonds. The highest BCUT2D eigenvalue weighted by Crippen LogP contribution is 2.30.